The van der Waals surface area contributed by atoms with Gasteiger partial charge in [-0.15, -0.1) is 0 Å². The van der Waals surface area contributed by atoms with Gasteiger partial charge in [0.2, 0.25) is 5.91 Å². The summed E-state index contributed by atoms with van der Waals surface area (Å²) in [5.41, 5.74) is 1.71. The molecule has 0 aliphatic carbocycles. The first-order chi connectivity index (χ1) is 29.2. The van der Waals surface area contributed by atoms with Crippen molar-refractivity contribution in [3.05, 3.63) is 147 Å². The van der Waals surface area contributed by atoms with E-state index in [4.69, 9.17) is 0 Å². The number of ketones is 2. The number of amides is 3. The van der Waals surface area contributed by atoms with Crippen molar-refractivity contribution in [2.75, 3.05) is 16.0 Å². The molecule has 13 nitrogen and oxygen atoms in total. The molecule has 0 heterocycles. The quantitative estimate of drug-likeness (QED) is 0.0393. The van der Waals surface area contributed by atoms with E-state index < -0.39 is 65.9 Å². The molecule has 320 valence electrons. The Balaban J connectivity index is 1.19. The molecule has 7 N–H and O–H groups in total. The Hall–Kier alpha value is -7.75. The number of carboxylic acids is 1. The average molecular weight is 852 g/mol. The summed E-state index contributed by atoms with van der Waals surface area (Å²) in [6.07, 6.45) is -5.48. The Labute approximate surface area is 352 Å². The molecule has 0 aliphatic rings. The third kappa shape index (κ3) is 11.5. The third-order valence-electron chi connectivity index (χ3n) is 9.89. The van der Waals surface area contributed by atoms with Gasteiger partial charge < -0.3 is 36.4 Å². The molecule has 0 bridgehead atoms. The topological polar surface area (TPSA) is 219 Å². The van der Waals surface area contributed by atoms with E-state index in [1.54, 1.807) is 25.1 Å². The summed E-state index contributed by atoms with van der Waals surface area (Å²) in [6, 6.07) is 22.2. The number of alkyl halides is 3. The molecule has 1 atom stereocenters. The second-order valence-corrected chi connectivity index (χ2v) is 14.4. The maximum Gasteiger partial charge on any atom is 0.389 e. The summed E-state index contributed by atoms with van der Waals surface area (Å²) in [6.45, 7) is 4.47. The van der Waals surface area contributed by atoms with Crippen LogP contribution in [0.3, 0.4) is 0 Å². The second kappa shape index (κ2) is 19.1. The minimum absolute atomic E-state index is 0.00453. The summed E-state index contributed by atoms with van der Waals surface area (Å²) < 4.78 is 40.8. The molecular formula is C46H40F3N3O10. The molecule has 0 aliphatic heterocycles. The molecule has 0 saturated carbocycles. The summed E-state index contributed by atoms with van der Waals surface area (Å²) >= 11 is 0. The van der Waals surface area contributed by atoms with Crippen LogP contribution >= 0.6 is 0 Å². The Bertz CT molecular complexity index is 2590. The highest BCUT2D eigenvalue weighted by Gasteiger charge is 2.37. The monoisotopic (exact) mass is 851 g/mol. The number of nitrogens with one attached hydrogen (secondary N) is 3. The smallest absolute Gasteiger partial charge is 0.389 e. The molecule has 16 heteroatoms. The highest BCUT2D eigenvalue weighted by Crippen LogP contribution is 2.33. The summed E-state index contributed by atoms with van der Waals surface area (Å²) in [7, 11) is 0. The number of halogens is 3. The van der Waals surface area contributed by atoms with Gasteiger partial charge in [-0.3, -0.25) is 24.0 Å². The fraction of sp³-hybridized carbons (Fsp3) is 0.174. The highest BCUT2D eigenvalue weighted by atomic mass is 19.4. The molecule has 5 rings (SSSR count). The number of carbonyl (C=O) groups is 6. The molecule has 0 saturated heterocycles. The van der Waals surface area contributed by atoms with Crippen molar-refractivity contribution in [3.63, 3.8) is 0 Å². The number of rotatable bonds is 15. The van der Waals surface area contributed by atoms with E-state index in [9.17, 15) is 62.4 Å². The van der Waals surface area contributed by atoms with Crippen LogP contribution in [0.1, 0.15) is 83.5 Å². The van der Waals surface area contributed by atoms with E-state index in [0.717, 1.165) is 6.07 Å². The van der Waals surface area contributed by atoms with Crippen molar-refractivity contribution >= 4 is 58.4 Å². The van der Waals surface area contributed by atoms with Crippen LogP contribution in [0.15, 0.2) is 103 Å². The fourth-order valence-corrected chi connectivity index (χ4v) is 6.27. The number of aromatic carboxylic acids is 1. The number of carboxylic acid groups (broad SMARTS) is 1. The molecule has 3 amide bonds. The van der Waals surface area contributed by atoms with Gasteiger partial charge in [0.05, 0.1) is 17.9 Å². The van der Waals surface area contributed by atoms with Crippen molar-refractivity contribution in [1.29, 1.82) is 0 Å². The maximum atomic E-state index is 13.6. The Morgan fingerprint density at radius 1 is 0.661 bits per heavy atom. The minimum atomic E-state index is -4.78. The summed E-state index contributed by atoms with van der Waals surface area (Å²) in [5, 5.41) is 47.1. The number of hydrogen-bond donors (Lipinski definition) is 7. The van der Waals surface area contributed by atoms with Crippen LogP contribution in [-0.2, 0) is 16.0 Å². The van der Waals surface area contributed by atoms with E-state index in [0.29, 0.717) is 16.7 Å². The van der Waals surface area contributed by atoms with Crippen molar-refractivity contribution in [2.24, 2.45) is 5.92 Å². The second-order valence-electron chi connectivity index (χ2n) is 14.4. The zero-order valence-corrected chi connectivity index (χ0v) is 33.4. The largest absolute Gasteiger partial charge is 0.508 e. The van der Waals surface area contributed by atoms with E-state index in [-0.39, 0.29) is 68.4 Å². The molecule has 5 aromatic carbocycles. The Kier molecular flexibility index (Phi) is 14.0. The van der Waals surface area contributed by atoms with Crippen molar-refractivity contribution in [2.45, 2.75) is 46.2 Å². The van der Waals surface area contributed by atoms with Gasteiger partial charge in [0.25, 0.3) is 11.8 Å². The first kappa shape index (κ1) is 45.3. The van der Waals surface area contributed by atoms with Gasteiger partial charge >= 0.3 is 12.1 Å². The first-order valence-corrected chi connectivity index (χ1v) is 18.8. The van der Waals surface area contributed by atoms with Gasteiger partial charge in [0, 0.05) is 52.2 Å². The van der Waals surface area contributed by atoms with Crippen LogP contribution in [0.5, 0.6) is 17.2 Å². The Morgan fingerprint density at radius 2 is 1.19 bits per heavy atom. The van der Waals surface area contributed by atoms with Crippen LogP contribution in [0.25, 0.3) is 6.08 Å². The van der Waals surface area contributed by atoms with Crippen LogP contribution in [0, 0.1) is 19.8 Å². The number of allylic oxidation sites excluding steroid dienone is 1. The molecule has 62 heavy (non-hydrogen) atoms. The van der Waals surface area contributed by atoms with Gasteiger partial charge in [-0.2, -0.15) is 13.2 Å². The number of phenolic OH excluding ortho intramolecular Hbond substituents is 2. The SMILES string of the molecule is C/C(=C\c1ccc(O)cc1)C(=O)Cc1ccc(C(=O)C[C@@H](CC(F)(F)F)C(=O)Nc2ccc(C(=O)Nc3ccc(C(=O)Nc4ccc(C(=O)O)c(O)c4C)c(O)c3C)cc2)cc1. The molecule has 0 spiro atoms. The lowest BCUT2D eigenvalue weighted by molar-refractivity contribution is -0.151. The average Bonchev–Trinajstić information content (AvgIpc) is 3.21. The highest BCUT2D eigenvalue weighted by molar-refractivity contribution is 6.09. The number of Topliss-reactive ketones (excluding diaryl/α,β-unsaturated/α-hetero) is 2. The predicted octanol–water partition coefficient (Wildman–Crippen LogP) is 8.62. The number of phenols is 3. The zero-order chi connectivity index (χ0) is 45.5. The van der Waals surface area contributed by atoms with E-state index >= 15 is 0 Å². The lowest BCUT2D eigenvalue weighted by Crippen LogP contribution is -2.29. The number of benzene rings is 5. The molecule has 0 fully saturated rings. The number of hydrogen-bond acceptors (Lipinski definition) is 9. The lowest BCUT2D eigenvalue weighted by atomic mass is 9.93. The number of anilines is 3. The van der Waals surface area contributed by atoms with E-state index in [2.05, 4.69) is 16.0 Å². The van der Waals surface area contributed by atoms with Crippen LogP contribution in [0.4, 0.5) is 30.2 Å². The van der Waals surface area contributed by atoms with Crippen molar-refractivity contribution < 1.29 is 62.4 Å². The normalized spacial score (nSPS) is 11.9. The third-order valence-corrected chi connectivity index (χ3v) is 9.89. The Morgan fingerprint density at radius 3 is 1.76 bits per heavy atom. The maximum absolute atomic E-state index is 13.6. The molecule has 0 radical (unpaired) electrons. The van der Waals surface area contributed by atoms with E-state index in [1.807, 2.05) is 0 Å². The van der Waals surface area contributed by atoms with Crippen LogP contribution < -0.4 is 16.0 Å². The van der Waals surface area contributed by atoms with E-state index in [1.165, 1.54) is 92.7 Å². The van der Waals surface area contributed by atoms with Crippen LogP contribution in [0.2, 0.25) is 0 Å². The fourth-order valence-electron chi connectivity index (χ4n) is 6.27. The van der Waals surface area contributed by atoms with Gasteiger partial charge in [-0.05, 0) is 104 Å². The van der Waals surface area contributed by atoms with Crippen molar-refractivity contribution in [1.82, 2.24) is 0 Å². The molecular weight excluding hydrogens is 812 g/mol. The standard InChI is InChI=1S/C46H40F3N3O10/c1-24(20-27-6-14-33(53)15-7-27)38(54)21-28-4-8-29(9-5-28)39(55)22-31(23-46(47,48)49)43(59)50-32-12-10-30(11-13-32)42(58)51-36-18-16-34(40(56)25(36)2)44(60)52-37-19-17-35(45(61)62)41(57)26(37)3/h4-20,31,53,56-57H,21-23H2,1-3H3,(H,50,59)(H,51,58)(H,52,60)(H,61,62)/b24-20+/t31-/m0/s1. The van der Waals surface area contributed by atoms with Gasteiger partial charge in [0.15, 0.2) is 11.6 Å². The molecule has 5 aromatic rings. The summed E-state index contributed by atoms with van der Waals surface area (Å²) in [5.74, 6) is -7.57. The van der Waals surface area contributed by atoms with Gasteiger partial charge in [0.1, 0.15) is 22.8 Å². The van der Waals surface area contributed by atoms with Crippen molar-refractivity contribution in [3.8, 4) is 17.2 Å². The van der Waals surface area contributed by atoms with Gasteiger partial charge in [-0.1, -0.05) is 36.4 Å². The molecule has 0 aromatic heterocycles. The van der Waals surface area contributed by atoms with Gasteiger partial charge in [-0.25, -0.2) is 4.79 Å². The lowest BCUT2D eigenvalue weighted by Gasteiger charge is -2.18. The first-order valence-electron chi connectivity index (χ1n) is 18.8. The van der Waals surface area contributed by atoms with Crippen LogP contribution in [-0.4, -0.2) is 61.9 Å². The predicted molar refractivity (Wildman–Crippen MR) is 224 cm³/mol. The minimum Gasteiger partial charge on any atom is -0.508 e. The summed E-state index contributed by atoms with van der Waals surface area (Å²) in [4.78, 5) is 76.4. The number of carbonyl (C=O) groups excluding carboxylic acids is 5. The molecule has 0 unspecified atom stereocenters. The number of aromatic hydroxyl groups is 3. The zero-order valence-electron chi connectivity index (χ0n) is 33.4.